The zero-order chi connectivity index (χ0) is 19.3. The molecular weight excluding hydrogens is 369 g/mol. The van der Waals surface area contributed by atoms with Crippen molar-refractivity contribution in [2.75, 3.05) is 0 Å². The third-order valence-electron chi connectivity index (χ3n) is 4.04. The minimum absolute atomic E-state index is 0.285. The second-order valence-corrected chi connectivity index (χ2v) is 7.88. The number of hydrogen-bond acceptors (Lipinski definition) is 1. The normalized spacial score (nSPS) is 13.0. The molecule has 1 unspecified atom stereocenters. The molecule has 5 heteroatoms. The van der Waals surface area contributed by atoms with Crippen LogP contribution < -0.4 is 0 Å². The lowest BCUT2D eigenvalue weighted by Crippen LogP contribution is -2.47. The molecule has 0 heterocycles. The van der Waals surface area contributed by atoms with Gasteiger partial charge in [0.1, 0.15) is 0 Å². The third kappa shape index (κ3) is 5.26. The number of hydrogen-bond donors (Lipinski definition) is 1. The Labute approximate surface area is 164 Å². The second kappa shape index (κ2) is 8.61. The predicted molar refractivity (Wildman–Crippen MR) is 109 cm³/mol. The Balaban J connectivity index is 2.31. The molecule has 1 atom stereocenters. The van der Waals surface area contributed by atoms with E-state index in [2.05, 4.69) is 0 Å². The van der Waals surface area contributed by atoms with Crippen molar-refractivity contribution in [2.45, 2.75) is 38.8 Å². The van der Waals surface area contributed by atoms with E-state index >= 15 is 0 Å². The quantitative estimate of drug-likeness (QED) is 0.600. The van der Waals surface area contributed by atoms with Crippen molar-refractivity contribution in [3.63, 3.8) is 0 Å². The lowest BCUT2D eigenvalue weighted by Gasteiger charge is -2.39. The van der Waals surface area contributed by atoms with Crippen molar-refractivity contribution < 1.29 is 9.90 Å². The zero-order valence-electron chi connectivity index (χ0n) is 15.1. The maximum atomic E-state index is 11.9. The molecule has 0 bridgehead atoms. The van der Waals surface area contributed by atoms with Crippen LogP contribution in [0.5, 0.6) is 0 Å². The molecule has 1 N–H and O–H groups in total. The summed E-state index contributed by atoms with van der Waals surface area (Å²) in [4.78, 5) is 13.4. The van der Waals surface area contributed by atoms with E-state index in [4.69, 9.17) is 23.2 Å². The summed E-state index contributed by atoms with van der Waals surface area (Å²) in [5.41, 5.74) is 1.36. The van der Waals surface area contributed by atoms with Crippen LogP contribution in [0, 0.1) is 0 Å². The fraction of sp³-hybridized carbons (Fsp3) is 0.286. The van der Waals surface area contributed by atoms with Crippen molar-refractivity contribution in [1.82, 2.24) is 4.90 Å². The average molecular weight is 392 g/mol. The summed E-state index contributed by atoms with van der Waals surface area (Å²) >= 11 is 12.0. The highest BCUT2D eigenvalue weighted by molar-refractivity contribution is 6.42. The van der Waals surface area contributed by atoms with E-state index in [1.165, 1.54) is 4.90 Å². The monoisotopic (exact) mass is 391 g/mol. The standard InChI is InChI=1S/C21H23Cl2NO2/c1-21(2,3)24(20(25)26)19(16-9-5-4-6-10-16)11-7-8-15-12-13-17(22)18(23)14-15/h4-10,12-14,19H,11H2,1-3H3,(H,25,26). The number of benzene rings is 2. The molecule has 0 aliphatic heterocycles. The summed E-state index contributed by atoms with van der Waals surface area (Å²) in [7, 11) is 0. The lowest BCUT2D eigenvalue weighted by molar-refractivity contribution is 0.0705. The SMILES string of the molecule is CC(C)(C)N(C(=O)O)C(CC=Cc1ccc(Cl)c(Cl)c1)c1ccccc1. The molecule has 0 radical (unpaired) electrons. The molecule has 1 amide bonds. The number of carboxylic acid groups (broad SMARTS) is 1. The molecule has 2 aromatic carbocycles. The lowest BCUT2D eigenvalue weighted by atomic mass is 9.95. The van der Waals surface area contributed by atoms with E-state index in [9.17, 15) is 9.90 Å². The first-order chi connectivity index (χ1) is 12.2. The number of carbonyl (C=O) groups is 1. The molecule has 138 valence electrons. The highest BCUT2D eigenvalue weighted by Crippen LogP contribution is 2.32. The first kappa shape index (κ1) is 20.3. The van der Waals surface area contributed by atoms with Crippen molar-refractivity contribution >= 4 is 35.4 Å². The molecule has 2 aromatic rings. The Morgan fingerprint density at radius 2 is 1.77 bits per heavy atom. The smallest absolute Gasteiger partial charge is 0.408 e. The number of halogens is 2. The van der Waals surface area contributed by atoms with E-state index in [1.54, 1.807) is 12.1 Å². The maximum absolute atomic E-state index is 11.9. The fourth-order valence-electron chi connectivity index (χ4n) is 2.90. The molecule has 3 nitrogen and oxygen atoms in total. The molecule has 0 saturated heterocycles. The summed E-state index contributed by atoms with van der Waals surface area (Å²) in [5, 5.41) is 10.8. The van der Waals surface area contributed by atoms with Gasteiger partial charge in [-0.3, -0.25) is 4.90 Å². The van der Waals surface area contributed by atoms with Crippen LogP contribution in [-0.4, -0.2) is 21.6 Å². The maximum Gasteiger partial charge on any atom is 0.408 e. The molecular formula is C21H23Cl2NO2. The molecule has 0 aliphatic carbocycles. The summed E-state index contributed by atoms with van der Waals surface area (Å²) < 4.78 is 0. The Morgan fingerprint density at radius 3 is 2.31 bits per heavy atom. The number of nitrogens with zero attached hydrogens (tertiary/aromatic N) is 1. The van der Waals surface area contributed by atoms with E-state index < -0.39 is 11.6 Å². The Morgan fingerprint density at radius 1 is 1.12 bits per heavy atom. The number of amides is 1. The minimum Gasteiger partial charge on any atom is -0.465 e. The molecule has 0 aliphatic rings. The number of rotatable bonds is 5. The van der Waals surface area contributed by atoms with E-state index in [-0.39, 0.29) is 6.04 Å². The van der Waals surface area contributed by atoms with Gasteiger partial charge in [0.2, 0.25) is 0 Å². The topological polar surface area (TPSA) is 40.5 Å². The van der Waals surface area contributed by atoms with Crippen LogP contribution in [0.25, 0.3) is 6.08 Å². The van der Waals surface area contributed by atoms with Gasteiger partial charge in [0.15, 0.2) is 0 Å². The van der Waals surface area contributed by atoms with Crippen LogP contribution in [0.2, 0.25) is 10.0 Å². The predicted octanol–water partition coefficient (Wildman–Crippen LogP) is 6.92. The summed E-state index contributed by atoms with van der Waals surface area (Å²) in [6, 6.07) is 14.8. The van der Waals surface area contributed by atoms with Gasteiger partial charge in [-0.2, -0.15) is 0 Å². The van der Waals surface area contributed by atoms with Gasteiger partial charge in [0.25, 0.3) is 0 Å². The molecule has 0 saturated carbocycles. The molecule has 0 spiro atoms. The Bertz CT molecular complexity index is 782. The average Bonchev–Trinajstić information content (AvgIpc) is 2.56. The van der Waals surface area contributed by atoms with Crippen LogP contribution in [0.3, 0.4) is 0 Å². The zero-order valence-corrected chi connectivity index (χ0v) is 16.6. The van der Waals surface area contributed by atoms with Crippen LogP contribution in [0.1, 0.15) is 44.4 Å². The van der Waals surface area contributed by atoms with Gasteiger partial charge in [-0.25, -0.2) is 4.79 Å². The minimum atomic E-state index is -0.936. The van der Waals surface area contributed by atoms with E-state index in [0.717, 1.165) is 11.1 Å². The van der Waals surface area contributed by atoms with Crippen LogP contribution in [0.4, 0.5) is 4.79 Å². The van der Waals surface area contributed by atoms with Crippen molar-refractivity contribution in [1.29, 1.82) is 0 Å². The van der Waals surface area contributed by atoms with Crippen LogP contribution in [0.15, 0.2) is 54.6 Å². The van der Waals surface area contributed by atoms with Gasteiger partial charge in [-0.1, -0.05) is 71.8 Å². The van der Waals surface area contributed by atoms with Gasteiger partial charge in [0.05, 0.1) is 16.1 Å². The van der Waals surface area contributed by atoms with E-state index in [1.807, 2.05) is 69.3 Å². The third-order valence-corrected chi connectivity index (χ3v) is 4.78. The largest absolute Gasteiger partial charge is 0.465 e. The second-order valence-electron chi connectivity index (χ2n) is 7.06. The molecule has 2 rings (SSSR count). The fourth-order valence-corrected chi connectivity index (χ4v) is 3.21. The van der Waals surface area contributed by atoms with Gasteiger partial charge in [-0.05, 0) is 50.5 Å². The van der Waals surface area contributed by atoms with Gasteiger partial charge < -0.3 is 5.11 Å². The Hall–Kier alpha value is -1.97. The molecule has 26 heavy (non-hydrogen) atoms. The summed E-state index contributed by atoms with van der Waals surface area (Å²) in [6.45, 7) is 5.71. The van der Waals surface area contributed by atoms with Gasteiger partial charge in [-0.15, -0.1) is 0 Å². The van der Waals surface area contributed by atoms with Crippen molar-refractivity contribution in [3.05, 3.63) is 75.8 Å². The van der Waals surface area contributed by atoms with Gasteiger partial charge >= 0.3 is 6.09 Å². The summed E-state index contributed by atoms with van der Waals surface area (Å²) in [5.74, 6) is 0. The highest BCUT2D eigenvalue weighted by Gasteiger charge is 2.33. The first-order valence-electron chi connectivity index (χ1n) is 8.39. The van der Waals surface area contributed by atoms with E-state index in [0.29, 0.717) is 16.5 Å². The molecule has 0 aromatic heterocycles. The first-order valence-corrected chi connectivity index (χ1v) is 9.14. The van der Waals surface area contributed by atoms with Crippen LogP contribution >= 0.6 is 23.2 Å². The van der Waals surface area contributed by atoms with Gasteiger partial charge in [0, 0.05) is 5.54 Å². The van der Waals surface area contributed by atoms with Crippen molar-refractivity contribution in [3.8, 4) is 0 Å². The van der Waals surface area contributed by atoms with Crippen molar-refractivity contribution in [2.24, 2.45) is 0 Å². The highest BCUT2D eigenvalue weighted by atomic mass is 35.5. The summed E-state index contributed by atoms with van der Waals surface area (Å²) in [6.07, 6.45) is 3.52. The molecule has 0 fully saturated rings. The van der Waals surface area contributed by atoms with Crippen LogP contribution in [-0.2, 0) is 0 Å². The Kier molecular flexibility index (Phi) is 6.74.